The van der Waals surface area contributed by atoms with Crippen molar-refractivity contribution in [1.82, 2.24) is 34.1 Å². The monoisotopic (exact) mass is 814 g/mol. The first kappa shape index (κ1) is 42.0. The van der Waals surface area contributed by atoms with Gasteiger partial charge in [-0.05, 0) is 71.1 Å². The molecule has 20 heteroatoms. The third-order valence-corrected chi connectivity index (χ3v) is 10.0. The number of imidazole rings is 1. The number of rotatable bonds is 16. The number of nitro benzene ring substituents is 1. The number of hydrogen-bond donors (Lipinski definition) is 4. The van der Waals surface area contributed by atoms with E-state index >= 15 is 0 Å². The van der Waals surface area contributed by atoms with Gasteiger partial charge in [-0.3, -0.25) is 39.1 Å². The minimum absolute atomic E-state index is 0.0691. The Hall–Kier alpha value is -6.57. The molecule has 314 valence electrons. The largest absolute Gasteiger partial charge is 0.491 e. The molecule has 2 saturated heterocycles. The maximum atomic E-state index is 13.3. The zero-order valence-electron chi connectivity index (χ0n) is 33.8. The summed E-state index contributed by atoms with van der Waals surface area (Å²) in [6.07, 6.45) is 5.11. The van der Waals surface area contributed by atoms with Crippen molar-refractivity contribution in [2.75, 3.05) is 56.5 Å². The van der Waals surface area contributed by atoms with Crippen LogP contribution in [0.15, 0.2) is 42.6 Å². The molecule has 2 aliphatic heterocycles. The van der Waals surface area contributed by atoms with E-state index in [0.29, 0.717) is 67.0 Å². The molecule has 2 aliphatic rings. The number of nitrogens with one attached hydrogen (secondary N) is 2. The zero-order chi connectivity index (χ0) is 42.6. The molecular formula is C39H50N12O8. The van der Waals surface area contributed by atoms with Gasteiger partial charge in [0.1, 0.15) is 22.6 Å². The average molecular weight is 815 g/mol. The molecule has 0 aliphatic carbocycles. The molecule has 6 rings (SSSR count). The lowest BCUT2D eigenvalue weighted by Crippen LogP contribution is -2.37. The molecule has 2 fully saturated rings. The Morgan fingerprint density at radius 1 is 1.02 bits per heavy atom. The van der Waals surface area contributed by atoms with Crippen LogP contribution in [0.1, 0.15) is 71.0 Å². The molecule has 59 heavy (non-hydrogen) atoms. The summed E-state index contributed by atoms with van der Waals surface area (Å²) in [5.41, 5.74) is 11.9. The van der Waals surface area contributed by atoms with Crippen LogP contribution in [0.4, 0.5) is 22.1 Å². The maximum absolute atomic E-state index is 13.3. The molecule has 4 aromatic rings. The van der Waals surface area contributed by atoms with Crippen LogP contribution in [0.3, 0.4) is 0 Å². The van der Waals surface area contributed by atoms with E-state index in [9.17, 15) is 29.3 Å². The predicted octanol–water partition coefficient (Wildman–Crippen LogP) is 3.55. The highest BCUT2D eigenvalue weighted by Crippen LogP contribution is 2.37. The Morgan fingerprint density at radius 2 is 1.73 bits per heavy atom. The van der Waals surface area contributed by atoms with Crippen LogP contribution in [0.5, 0.6) is 5.75 Å². The standard InChI is InChI=1S/C39H50N12O8/c1-6-50-30(14-23(2)46-50)36(54)45-37-44-28-15-25(34(41)53)18-43-35(28)49(37)12-8-7-10-42-32-29(51(56)57)16-24(33(40)52)17-31(32)58-13-9-11-47-19-26-21-48(22-27(26)20-47)38(55)59-39(3,4)5/h7-8,14-18,26-27,42H,6,9-13,19-22H2,1-5H3,(H2,40,52)(H2,41,53)(H,44,45,54)/b8-7+/t26-,27+. The highest BCUT2D eigenvalue weighted by molar-refractivity contribution is 6.03. The van der Waals surface area contributed by atoms with E-state index in [1.807, 2.05) is 27.7 Å². The van der Waals surface area contributed by atoms with Crippen LogP contribution in [-0.4, -0.2) is 114 Å². The Bertz CT molecular complexity index is 2280. The van der Waals surface area contributed by atoms with Crippen molar-refractivity contribution >= 4 is 52.3 Å². The predicted molar refractivity (Wildman–Crippen MR) is 217 cm³/mol. The Labute approximate surface area is 340 Å². The normalized spacial score (nSPS) is 16.7. The number of aromatic nitrogens is 5. The summed E-state index contributed by atoms with van der Waals surface area (Å²) in [5, 5.41) is 22.4. The number of hydrogen-bond acceptors (Lipinski definition) is 13. The second-order valence-corrected chi connectivity index (χ2v) is 15.6. The highest BCUT2D eigenvalue weighted by atomic mass is 16.6. The van der Waals surface area contributed by atoms with Gasteiger partial charge in [-0.1, -0.05) is 12.2 Å². The molecule has 0 saturated carbocycles. The van der Waals surface area contributed by atoms with Gasteiger partial charge < -0.3 is 36.1 Å². The van der Waals surface area contributed by atoms with Crippen LogP contribution in [0.25, 0.3) is 11.2 Å². The molecule has 3 aromatic heterocycles. The van der Waals surface area contributed by atoms with Gasteiger partial charge in [0.05, 0.1) is 22.8 Å². The number of allylic oxidation sites excluding steroid dienone is 1. The summed E-state index contributed by atoms with van der Waals surface area (Å²) in [4.78, 5) is 74.5. The zero-order valence-corrected chi connectivity index (χ0v) is 33.8. The van der Waals surface area contributed by atoms with E-state index < -0.39 is 28.2 Å². The SMILES string of the molecule is CCn1nc(C)cc1C(=O)Nc1nc2cc(C(N)=O)cnc2n1C/C=C/CNc1c(OCCCN2C[C@@H]3CN(C(=O)OC(C)(C)C)C[C@@H]3C2)cc(C(N)=O)cc1[N+](=O)[O-]. The molecule has 0 unspecified atom stereocenters. The third kappa shape index (κ3) is 9.94. The van der Waals surface area contributed by atoms with Gasteiger partial charge in [-0.25, -0.2) is 14.8 Å². The van der Waals surface area contributed by atoms with Crippen molar-refractivity contribution in [2.24, 2.45) is 23.3 Å². The summed E-state index contributed by atoms with van der Waals surface area (Å²) in [6, 6.07) is 5.64. The lowest BCUT2D eigenvalue weighted by molar-refractivity contribution is -0.384. The number of fused-ring (bicyclic) bond motifs is 2. The lowest BCUT2D eigenvalue weighted by atomic mass is 10.0. The van der Waals surface area contributed by atoms with Crippen LogP contribution in [-0.2, 0) is 17.8 Å². The number of ether oxygens (including phenoxy) is 2. The summed E-state index contributed by atoms with van der Waals surface area (Å²) in [7, 11) is 0. The molecule has 4 amide bonds. The van der Waals surface area contributed by atoms with Crippen molar-refractivity contribution < 1.29 is 33.6 Å². The maximum Gasteiger partial charge on any atom is 0.410 e. The molecule has 0 bridgehead atoms. The second-order valence-electron chi connectivity index (χ2n) is 15.6. The first-order chi connectivity index (χ1) is 28.0. The van der Waals surface area contributed by atoms with Gasteiger partial charge in [-0.15, -0.1) is 0 Å². The van der Waals surface area contributed by atoms with E-state index in [1.165, 1.54) is 18.3 Å². The molecular weight excluding hydrogens is 765 g/mol. The third-order valence-electron chi connectivity index (χ3n) is 10.0. The molecule has 6 N–H and O–H groups in total. The molecule has 5 heterocycles. The minimum atomic E-state index is -0.838. The molecule has 2 atom stereocenters. The van der Waals surface area contributed by atoms with Crippen molar-refractivity contribution in [1.29, 1.82) is 0 Å². The first-order valence-electron chi connectivity index (χ1n) is 19.4. The van der Waals surface area contributed by atoms with E-state index in [4.69, 9.17) is 20.9 Å². The van der Waals surface area contributed by atoms with Crippen LogP contribution < -0.4 is 26.8 Å². The summed E-state index contributed by atoms with van der Waals surface area (Å²) in [5.74, 6) is -0.995. The van der Waals surface area contributed by atoms with Gasteiger partial charge in [0.2, 0.25) is 17.8 Å². The van der Waals surface area contributed by atoms with Crippen molar-refractivity contribution in [3.05, 3.63) is 75.2 Å². The van der Waals surface area contributed by atoms with E-state index in [0.717, 1.165) is 19.2 Å². The van der Waals surface area contributed by atoms with Gasteiger partial charge >= 0.3 is 6.09 Å². The van der Waals surface area contributed by atoms with Gasteiger partial charge in [0.25, 0.3) is 11.6 Å². The van der Waals surface area contributed by atoms with E-state index in [-0.39, 0.29) is 60.0 Å². The lowest BCUT2D eigenvalue weighted by Gasteiger charge is -2.26. The number of carbonyl (C=O) groups excluding carboxylic acids is 4. The number of nitrogens with two attached hydrogens (primary N) is 2. The molecule has 0 radical (unpaired) electrons. The van der Waals surface area contributed by atoms with Gasteiger partial charge in [-0.2, -0.15) is 5.10 Å². The fourth-order valence-corrected chi connectivity index (χ4v) is 7.37. The molecule has 0 spiro atoms. The number of carbonyl (C=O) groups is 4. The number of amides is 4. The number of aryl methyl sites for hydroxylation is 2. The Balaban J connectivity index is 1.11. The topological polar surface area (TPSA) is 261 Å². The average Bonchev–Trinajstić information content (AvgIpc) is 3.93. The number of pyridine rings is 1. The van der Waals surface area contributed by atoms with Crippen LogP contribution >= 0.6 is 0 Å². The number of anilines is 2. The number of nitrogens with zero attached hydrogens (tertiary/aromatic N) is 8. The van der Waals surface area contributed by atoms with Crippen LogP contribution in [0.2, 0.25) is 0 Å². The summed E-state index contributed by atoms with van der Waals surface area (Å²) < 4.78 is 14.8. The number of primary amides is 2. The minimum Gasteiger partial charge on any atom is -0.491 e. The van der Waals surface area contributed by atoms with Crippen molar-refractivity contribution in [3.63, 3.8) is 0 Å². The molecule has 1 aromatic carbocycles. The molecule has 20 nitrogen and oxygen atoms in total. The first-order valence-corrected chi connectivity index (χ1v) is 19.4. The number of likely N-dealkylation sites (tertiary alicyclic amines) is 2. The second kappa shape index (κ2) is 17.5. The number of benzene rings is 1. The Kier molecular flexibility index (Phi) is 12.5. The fraction of sp³-hybridized carbons (Fsp3) is 0.462. The highest BCUT2D eigenvalue weighted by Gasteiger charge is 2.42. The quantitative estimate of drug-likeness (QED) is 0.0547. The summed E-state index contributed by atoms with van der Waals surface area (Å²) >= 11 is 0. The van der Waals surface area contributed by atoms with Crippen molar-refractivity contribution in [2.45, 2.75) is 59.7 Å². The van der Waals surface area contributed by atoms with Crippen LogP contribution in [0, 0.1) is 28.9 Å². The van der Waals surface area contributed by atoms with E-state index in [1.54, 1.807) is 39.3 Å². The Morgan fingerprint density at radius 3 is 2.37 bits per heavy atom. The smallest absolute Gasteiger partial charge is 0.410 e. The van der Waals surface area contributed by atoms with Crippen molar-refractivity contribution in [3.8, 4) is 5.75 Å². The number of nitro groups is 1. The summed E-state index contributed by atoms with van der Waals surface area (Å²) in [6.45, 7) is 13.8. The van der Waals surface area contributed by atoms with Gasteiger partial charge in [0, 0.05) is 70.2 Å². The fourth-order valence-electron chi connectivity index (χ4n) is 7.37. The van der Waals surface area contributed by atoms with Gasteiger partial charge in [0.15, 0.2) is 11.3 Å². The van der Waals surface area contributed by atoms with E-state index in [2.05, 4.69) is 30.6 Å².